The van der Waals surface area contributed by atoms with Gasteiger partial charge < -0.3 is 14.8 Å². The second-order valence-corrected chi connectivity index (χ2v) is 8.72. The quantitative estimate of drug-likeness (QED) is 0.282. The van der Waals surface area contributed by atoms with Gasteiger partial charge in [-0.15, -0.1) is 11.3 Å². The van der Waals surface area contributed by atoms with E-state index >= 15 is 0 Å². The lowest BCUT2D eigenvalue weighted by atomic mass is 10.0. The summed E-state index contributed by atoms with van der Waals surface area (Å²) in [6.07, 6.45) is 0.869. The largest absolute Gasteiger partial charge is 0.494 e. The lowest BCUT2D eigenvalue weighted by molar-refractivity contribution is -0.116. The summed E-state index contributed by atoms with van der Waals surface area (Å²) in [5.74, 6) is 0.683. The molecular weight excluding hydrogens is 422 g/mol. The van der Waals surface area contributed by atoms with E-state index < -0.39 is 5.97 Å². The fraction of sp³-hybridized carbons (Fsp3) is 0.308. The number of benzene rings is 2. The molecule has 0 bridgehead atoms. The molecule has 5 nitrogen and oxygen atoms in total. The number of amides is 1. The minimum Gasteiger partial charge on any atom is -0.494 e. The number of rotatable bonds is 10. The molecular formula is C26H29NO4S. The van der Waals surface area contributed by atoms with Crippen molar-refractivity contribution in [3.8, 4) is 16.2 Å². The normalized spacial score (nSPS) is 10.8. The molecule has 32 heavy (non-hydrogen) atoms. The number of nitrogens with one attached hydrogen (secondary N) is 1. The summed E-state index contributed by atoms with van der Waals surface area (Å²) in [4.78, 5) is 25.8. The van der Waals surface area contributed by atoms with Gasteiger partial charge in [0.1, 0.15) is 10.8 Å². The Balaban J connectivity index is 1.57. The molecule has 0 fully saturated rings. The highest BCUT2D eigenvalue weighted by atomic mass is 32.1. The van der Waals surface area contributed by atoms with Crippen LogP contribution in [0.25, 0.3) is 10.4 Å². The molecule has 1 aromatic heterocycles. The maximum Gasteiger partial charge on any atom is 0.341 e. The number of hydrogen-bond acceptors (Lipinski definition) is 5. The smallest absolute Gasteiger partial charge is 0.341 e. The number of thiophene rings is 1. The minimum absolute atomic E-state index is 0.157. The van der Waals surface area contributed by atoms with Gasteiger partial charge in [-0.2, -0.15) is 0 Å². The molecule has 2 aromatic carbocycles. The molecule has 168 valence electrons. The number of ether oxygens (including phenoxy) is 2. The number of carbonyl (C=O) groups is 2. The molecule has 1 heterocycles. The van der Waals surface area contributed by atoms with Crippen LogP contribution >= 0.6 is 11.3 Å². The summed E-state index contributed by atoms with van der Waals surface area (Å²) >= 11 is 1.37. The minimum atomic E-state index is -0.436. The molecule has 0 saturated carbocycles. The van der Waals surface area contributed by atoms with Gasteiger partial charge in [0.25, 0.3) is 0 Å². The van der Waals surface area contributed by atoms with Crippen molar-refractivity contribution in [2.75, 3.05) is 18.5 Å². The zero-order chi connectivity index (χ0) is 22.9. The van der Waals surface area contributed by atoms with E-state index in [4.69, 9.17) is 9.47 Å². The zero-order valence-electron chi connectivity index (χ0n) is 18.7. The van der Waals surface area contributed by atoms with Crippen molar-refractivity contribution in [3.05, 3.63) is 71.8 Å². The zero-order valence-corrected chi connectivity index (χ0v) is 19.5. The second kappa shape index (κ2) is 11.5. The van der Waals surface area contributed by atoms with Crippen molar-refractivity contribution in [3.63, 3.8) is 0 Å². The van der Waals surface area contributed by atoms with E-state index in [-0.39, 0.29) is 12.5 Å². The van der Waals surface area contributed by atoms with Gasteiger partial charge in [-0.3, -0.25) is 4.79 Å². The average molecular weight is 452 g/mol. The topological polar surface area (TPSA) is 64.6 Å². The van der Waals surface area contributed by atoms with E-state index in [2.05, 4.69) is 31.3 Å². The Hall–Kier alpha value is -3.12. The van der Waals surface area contributed by atoms with Crippen molar-refractivity contribution >= 4 is 28.2 Å². The molecule has 0 saturated heterocycles. The highest BCUT2D eigenvalue weighted by Crippen LogP contribution is 2.36. The summed E-state index contributed by atoms with van der Waals surface area (Å²) in [5, 5.41) is 3.39. The predicted molar refractivity (Wildman–Crippen MR) is 130 cm³/mol. The van der Waals surface area contributed by atoms with Gasteiger partial charge >= 0.3 is 5.97 Å². The Morgan fingerprint density at radius 1 is 1.03 bits per heavy atom. The predicted octanol–water partition coefficient (Wildman–Crippen LogP) is 6.51. The second-order valence-electron chi connectivity index (χ2n) is 7.66. The van der Waals surface area contributed by atoms with Crippen molar-refractivity contribution in [1.29, 1.82) is 0 Å². The van der Waals surface area contributed by atoms with Crippen LogP contribution in [0.15, 0.2) is 60.7 Å². The van der Waals surface area contributed by atoms with Crippen LogP contribution in [0, 0.1) is 0 Å². The van der Waals surface area contributed by atoms with Crippen LogP contribution in [0.4, 0.5) is 5.00 Å². The van der Waals surface area contributed by atoms with Crippen LogP contribution in [-0.2, 0) is 9.53 Å². The first-order chi connectivity index (χ1) is 15.5. The van der Waals surface area contributed by atoms with Crippen LogP contribution in [0.3, 0.4) is 0 Å². The Kier molecular flexibility index (Phi) is 8.45. The van der Waals surface area contributed by atoms with Gasteiger partial charge in [-0.05, 0) is 48.6 Å². The van der Waals surface area contributed by atoms with Gasteiger partial charge in [0.15, 0.2) is 0 Å². The molecule has 0 aliphatic rings. The Labute approximate surface area is 193 Å². The Morgan fingerprint density at radius 3 is 2.41 bits per heavy atom. The van der Waals surface area contributed by atoms with Crippen LogP contribution in [0.5, 0.6) is 5.75 Å². The first kappa shape index (κ1) is 23.5. The molecule has 3 aromatic rings. The van der Waals surface area contributed by atoms with E-state index in [1.54, 1.807) is 13.0 Å². The summed E-state index contributed by atoms with van der Waals surface area (Å²) in [6.45, 7) is 6.78. The van der Waals surface area contributed by atoms with Gasteiger partial charge in [0, 0.05) is 11.3 Å². The molecule has 0 aliphatic carbocycles. The van der Waals surface area contributed by atoms with Crippen molar-refractivity contribution in [2.24, 2.45) is 0 Å². The van der Waals surface area contributed by atoms with Gasteiger partial charge in [0.2, 0.25) is 5.91 Å². The Bertz CT molecular complexity index is 1030. The number of carbonyl (C=O) groups excluding carboxylic acids is 2. The Morgan fingerprint density at radius 2 is 1.75 bits per heavy atom. The molecule has 0 unspecified atom stereocenters. The summed E-state index contributed by atoms with van der Waals surface area (Å²) < 4.78 is 10.9. The maximum absolute atomic E-state index is 12.5. The van der Waals surface area contributed by atoms with Gasteiger partial charge in [-0.1, -0.05) is 56.3 Å². The lowest BCUT2D eigenvalue weighted by Crippen LogP contribution is -2.14. The fourth-order valence-corrected chi connectivity index (χ4v) is 4.22. The first-order valence-corrected chi connectivity index (χ1v) is 11.7. The van der Waals surface area contributed by atoms with E-state index in [9.17, 15) is 9.59 Å². The highest BCUT2D eigenvalue weighted by Gasteiger charge is 2.19. The number of esters is 1. The molecule has 3 rings (SSSR count). The summed E-state index contributed by atoms with van der Waals surface area (Å²) in [7, 11) is 0. The average Bonchev–Trinajstić information content (AvgIpc) is 3.21. The van der Waals surface area contributed by atoms with E-state index in [1.807, 2.05) is 42.5 Å². The molecule has 0 spiro atoms. The molecule has 1 amide bonds. The summed E-state index contributed by atoms with van der Waals surface area (Å²) in [5.41, 5.74) is 2.63. The van der Waals surface area contributed by atoms with Crippen LogP contribution in [-0.4, -0.2) is 25.1 Å². The van der Waals surface area contributed by atoms with Crippen molar-refractivity contribution in [1.82, 2.24) is 0 Å². The third kappa shape index (κ3) is 6.44. The monoisotopic (exact) mass is 451 g/mol. The van der Waals surface area contributed by atoms with E-state index in [0.717, 1.165) is 16.2 Å². The molecule has 0 radical (unpaired) electrons. The van der Waals surface area contributed by atoms with Crippen LogP contribution in [0.2, 0.25) is 0 Å². The highest BCUT2D eigenvalue weighted by molar-refractivity contribution is 7.20. The molecule has 6 heteroatoms. The third-order valence-electron chi connectivity index (χ3n) is 4.90. The van der Waals surface area contributed by atoms with E-state index in [1.165, 1.54) is 16.9 Å². The maximum atomic E-state index is 12.5. The van der Waals surface area contributed by atoms with E-state index in [0.29, 0.717) is 35.9 Å². The fourth-order valence-electron chi connectivity index (χ4n) is 3.15. The van der Waals surface area contributed by atoms with Crippen molar-refractivity contribution in [2.45, 2.75) is 39.5 Å². The van der Waals surface area contributed by atoms with Crippen LogP contribution < -0.4 is 10.1 Å². The van der Waals surface area contributed by atoms with Crippen LogP contribution in [0.1, 0.15) is 55.5 Å². The van der Waals surface area contributed by atoms with Crippen molar-refractivity contribution < 1.29 is 19.1 Å². The summed E-state index contributed by atoms with van der Waals surface area (Å²) in [6, 6.07) is 19.6. The third-order valence-corrected chi connectivity index (χ3v) is 6.00. The lowest BCUT2D eigenvalue weighted by Gasteiger charge is -2.09. The first-order valence-electron chi connectivity index (χ1n) is 10.9. The SMILES string of the molecule is CCOC(=O)c1cc(-c2ccccc2)sc1NC(=O)CCCOc1ccc(C(C)C)cc1. The number of hydrogen-bond donors (Lipinski definition) is 1. The molecule has 0 atom stereocenters. The molecule has 0 aliphatic heterocycles. The number of anilines is 1. The standard InChI is InChI=1S/C26H29NO4S/c1-4-30-26(29)22-17-23(20-9-6-5-7-10-20)32-25(22)27-24(28)11-8-16-31-21-14-12-19(13-15-21)18(2)3/h5-7,9-10,12-15,17-18H,4,8,11,16H2,1-3H3,(H,27,28). The van der Waals surface area contributed by atoms with Gasteiger partial charge in [0.05, 0.1) is 18.8 Å². The van der Waals surface area contributed by atoms with Gasteiger partial charge in [-0.25, -0.2) is 4.79 Å². The molecule has 1 N–H and O–H groups in total.